The van der Waals surface area contributed by atoms with Gasteiger partial charge in [-0.25, -0.2) is 4.98 Å². The molecule has 1 heterocycles. The van der Waals surface area contributed by atoms with Gasteiger partial charge in [-0.05, 0) is 25.1 Å². The fourth-order valence-corrected chi connectivity index (χ4v) is 2.60. The standard InChI is InChI=1S/C16H16N2O3S/c1-4-21-9-12(8-17)16-18-13(10-22-16)11-5-6-14(19-2)15(7-11)20-3/h5-7,9-10H,4H2,1-3H3. The van der Waals surface area contributed by atoms with Crippen molar-refractivity contribution >= 4 is 16.9 Å². The van der Waals surface area contributed by atoms with E-state index in [0.29, 0.717) is 28.7 Å². The van der Waals surface area contributed by atoms with Gasteiger partial charge in [0.15, 0.2) is 11.5 Å². The Labute approximate surface area is 133 Å². The zero-order valence-electron chi connectivity index (χ0n) is 12.6. The first-order valence-electron chi connectivity index (χ1n) is 6.63. The SMILES string of the molecule is CCOC=C(C#N)c1nc(-c2ccc(OC)c(OC)c2)cs1. The number of nitrogens with zero attached hydrogens (tertiary/aromatic N) is 2. The first-order chi connectivity index (χ1) is 10.7. The van der Waals surface area contributed by atoms with Gasteiger partial charge < -0.3 is 14.2 Å². The highest BCUT2D eigenvalue weighted by atomic mass is 32.1. The maximum absolute atomic E-state index is 9.17. The van der Waals surface area contributed by atoms with Gasteiger partial charge in [-0.15, -0.1) is 11.3 Å². The molecule has 0 saturated heterocycles. The zero-order chi connectivity index (χ0) is 15.9. The third-order valence-corrected chi connectivity index (χ3v) is 3.78. The second-order valence-electron chi connectivity index (χ2n) is 4.21. The van der Waals surface area contributed by atoms with Crippen LogP contribution in [0.2, 0.25) is 0 Å². The van der Waals surface area contributed by atoms with E-state index in [1.54, 1.807) is 14.2 Å². The molecule has 0 amide bonds. The Morgan fingerprint density at radius 3 is 2.73 bits per heavy atom. The number of ether oxygens (including phenoxy) is 3. The van der Waals surface area contributed by atoms with Crippen molar-refractivity contribution in [2.24, 2.45) is 0 Å². The quantitative estimate of drug-likeness (QED) is 0.600. The number of thiazole rings is 1. The van der Waals surface area contributed by atoms with Gasteiger partial charge in [0.1, 0.15) is 22.9 Å². The minimum Gasteiger partial charge on any atom is -0.500 e. The molecule has 0 unspecified atom stereocenters. The second kappa shape index (κ2) is 7.48. The van der Waals surface area contributed by atoms with Crippen LogP contribution in [0.1, 0.15) is 11.9 Å². The van der Waals surface area contributed by atoms with E-state index in [0.717, 1.165) is 11.3 Å². The van der Waals surface area contributed by atoms with Gasteiger partial charge in [-0.1, -0.05) is 0 Å². The highest BCUT2D eigenvalue weighted by Crippen LogP contribution is 2.33. The molecule has 6 heteroatoms. The summed E-state index contributed by atoms with van der Waals surface area (Å²) in [7, 11) is 3.18. The molecule has 1 aromatic carbocycles. The van der Waals surface area contributed by atoms with E-state index in [4.69, 9.17) is 19.5 Å². The molecule has 0 saturated carbocycles. The van der Waals surface area contributed by atoms with Crippen LogP contribution in [0.25, 0.3) is 16.8 Å². The predicted molar refractivity (Wildman–Crippen MR) is 85.9 cm³/mol. The van der Waals surface area contributed by atoms with Crippen molar-refractivity contribution in [3.63, 3.8) is 0 Å². The van der Waals surface area contributed by atoms with Crippen LogP contribution < -0.4 is 9.47 Å². The zero-order valence-corrected chi connectivity index (χ0v) is 13.4. The van der Waals surface area contributed by atoms with Crippen LogP contribution in [-0.2, 0) is 4.74 Å². The van der Waals surface area contributed by atoms with Gasteiger partial charge in [0.05, 0.1) is 26.5 Å². The maximum Gasteiger partial charge on any atom is 0.161 e. The number of nitriles is 1. The van der Waals surface area contributed by atoms with E-state index >= 15 is 0 Å². The molecular formula is C16H16N2O3S. The molecule has 2 rings (SSSR count). The van der Waals surface area contributed by atoms with Crippen LogP contribution in [0.4, 0.5) is 0 Å². The summed E-state index contributed by atoms with van der Waals surface area (Å²) in [6.07, 6.45) is 1.44. The second-order valence-corrected chi connectivity index (χ2v) is 5.06. The lowest BCUT2D eigenvalue weighted by Gasteiger charge is -2.08. The first-order valence-corrected chi connectivity index (χ1v) is 7.51. The Balaban J connectivity index is 2.34. The van der Waals surface area contributed by atoms with Crippen LogP contribution >= 0.6 is 11.3 Å². The minimum atomic E-state index is 0.415. The fourth-order valence-electron chi connectivity index (χ4n) is 1.82. The van der Waals surface area contributed by atoms with Gasteiger partial charge in [0, 0.05) is 10.9 Å². The van der Waals surface area contributed by atoms with E-state index in [2.05, 4.69) is 11.1 Å². The Hall–Kier alpha value is -2.52. The average Bonchev–Trinajstić information content (AvgIpc) is 3.04. The molecule has 0 aliphatic heterocycles. The molecule has 2 aromatic rings. The number of hydrogen-bond acceptors (Lipinski definition) is 6. The lowest BCUT2D eigenvalue weighted by molar-refractivity contribution is 0.271. The van der Waals surface area contributed by atoms with Crippen molar-refractivity contribution < 1.29 is 14.2 Å². The number of allylic oxidation sites excluding steroid dienone is 1. The van der Waals surface area contributed by atoms with Crippen LogP contribution in [0, 0.1) is 11.3 Å². The molecule has 0 aliphatic rings. The van der Waals surface area contributed by atoms with Crippen LogP contribution in [0.15, 0.2) is 29.8 Å². The summed E-state index contributed by atoms with van der Waals surface area (Å²) in [4.78, 5) is 4.49. The lowest BCUT2D eigenvalue weighted by atomic mass is 10.1. The highest BCUT2D eigenvalue weighted by molar-refractivity contribution is 7.11. The Morgan fingerprint density at radius 1 is 1.32 bits per heavy atom. The highest BCUT2D eigenvalue weighted by Gasteiger charge is 2.11. The molecule has 22 heavy (non-hydrogen) atoms. The van der Waals surface area contributed by atoms with E-state index in [9.17, 15) is 0 Å². The van der Waals surface area contributed by atoms with Crippen molar-refractivity contribution in [1.29, 1.82) is 5.26 Å². The fraction of sp³-hybridized carbons (Fsp3) is 0.250. The number of aromatic nitrogens is 1. The van der Waals surface area contributed by atoms with E-state index in [1.807, 2.05) is 30.5 Å². The summed E-state index contributed by atoms with van der Waals surface area (Å²) >= 11 is 1.40. The van der Waals surface area contributed by atoms with Gasteiger partial charge >= 0.3 is 0 Å². The van der Waals surface area contributed by atoms with Crippen molar-refractivity contribution in [3.05, 3.63) is 34.8 Å². The van der Waals surface area contributed by atoms with Crippen LogP contribution in [0.3, 0.4) is 0 Å². The van der Waals surface area contributed by atoms with Crippen molar-refractivity contribution in [2.45, 2.75) is 6.92 Å². The first kappa shape index (κ1) is 15.9. The van der Waals surface area contributed by atoms with Gasteiger partial charge in [-0.3, -0.25) is 0 Å². The molecule has 5 nitrogen and oxygen atoms in total. The summed E-state index contributed by atoms with van der Waals surface area (Å²) < 4.78 is 15.7. The number of benzene rings is 1. The number of methoxy groups -OCH3 is 2. The van der Waals surface area contributed by atoms with Crippen molar-refractivity contribution in [3.8, 4) is 28.8 Å². The summed E-state index contributed by atoms with van der Waals surface area (Å²) in [6.45, 7) is 2.38. The van der Waals surface area contributed by atoms with E-state index in [1.165, 1.54) is 17.6 Å². The third-order valence-electron chi connectivity index (χ3n) is 2.90. The smallest absolute Gasteiger partial charge is 0.161 e. The Morgan fingerprint density at radius 2 is 2.09 bits per heavy atom. The molecule has 114 valence electrons. The minimum absolute atomic E-state index is 0.415. The summed E-state index contributed by atoms with van der Waals surface area (Å²) in [5, 5.41) is 11.7. The molecule has 1 aromatic heterocycles. The molecule has 0 N–H and O–H groups in total. The molecule has 0 bridgehead atoms. The van der Waals surface area contributed by atoms with Crippen LogP contribution in [0.5, 0.6) is 11.5 Å². The average molecular weight is 316 g/mol. The van der Waals surface area contributed by atoms with Gasteiger partial charge in [0.25, 0.3) is 0 Å². The monoisotopic (exact) mass is 316 g/mol. The summed E-state index contributed by atoms with van der Waals surface area (Å²) in [6, 6.07) is 7.68. The Kier molecular flexibility index (Phi) is 5.39. The molecule has 0 spiro atoms. The molecule has 0 fully saturated rings. The lowest BCUT2D eigenvalue weighted by Crippen LogP contribution is -1.91. The van der Waals surface area contributed by atoms with E-state index in [-0.39, 0.29) is 0 Å². The Bertz CT molecular complexity index is 716. The normalized spacial score (nSPS) is 10.9. The molecule has 0 aliphatic carbocycles. The van der Waals surface area contributed by atoms with E-state index < -0.39 is 0 Å². The maximum atomic E-state index is 9.17. The number of rotatable bonds is 6. The topological polar surface area (TPSA) is 64.4 Å². The largest absolute Gasteiger partial charge is 0.500 e. The molecular weight excluding hydrogens is 300 g/mol. The third kappa shape index (κ3) is 3.38. The summed E-state index contributed by atoms with van der Waals surface area (Å²) in [5.74, 6) is 1.30. The summed E-state index contributed by atoms with van der Waals surface area (Å²) in [5.41, 5.74) is 2.09. The van der Waals surface area contributed by atoms with Gasteiger partial charge in [0.2, 0.25) is 0 Å². The molecule has 0 atom stereocenters. The molecule has 0 radical (unpaired) electrons. The predicted octanol–water partition coefficient (Wildman–Crippen LogP) is 3.73. The van der Waals surface area contributed by atoms with Crippen molar-refractivity contribution in [1.82, 2.24) is 4.98 Å². The van der Waals surface area contributed by atoms with Crippen LogP contribution in [-0.4, -0.2) is 25.8 Å². The van der Waals surface area contributed by atoms with Crippen molar-refractivity contribution in [2.75, 3.05) is 20.8 Å². The van der Waals surface area contributed by atoms with Gasteiger partial charge in [-0.2, -0.15) is 5.26 Å². The number of hydrogen-bond donors (Lipinski definition) is 0.